The van der Waals surface area contributed by atoms with Crippen molar-refractivity contribution in [2.45, 2.75) is 26.7 Å². The van der Waals surface area contributed by atoms with Crippen LogP contribution in [0.4, 0.5) is 0 Å². The van der Waals surface area contributed by atoms with Crippen LogP contribution in [0.25, 0.3) is 0 Å². The summed E-state index contributed by atoms with van der Waals surface area (Å²) in [5.74, 6) is 0.279. The molecule has 3 nitrogen and oxygen atoms in total. The number of hydrogen-bond donors (Lipinski definition) is 1. The number of carbonyl (C=O) groups excluding carboxylic acids is 1. The van der Waals surface area contributed by atoms with Gasteiger partial charge in [-0.3, -0.25) is 4.79 Å². The number of rotatable bonds is 6. The quantitative estimate of drug-likeness (QED) is 0.613. The van der Waals surface area contributed by atoms with Crippen molar-refractivity contribution in [3.63, 3.8) is 0 Å². The minimum Gasteiger partial charge on any atom is -0.385 e. The summed E-state index contributed by atoms with van der Waals surface area (Å²) in [6, 6.07) is 0. The molecule has 0 aromatic rings. The van der Waals surface area contributed by atoms with E-state index in [0.29, 0.717) is 6.61 Å². The van der Waals surface area contributed by atoms with E-state index >= 15 is 0 Å². The van der Waals surface area contributed by atoms with Crippen molar-refractivity contribution in [2.24, 2.45) is 5.92 Å². The Kier molecular flexibility index (Phi) is 6.76. The predicted molar refractivity (Wildman–Crippen MR) is 49.0 cm³/mol. The van der Waals surface area contributed by atoms with Crippen LogP contribution >= 0.6 is 0 Å². The van der Waals surface area contributed by atoms with E-state index in [1.54, 1.807) is 7.11 Å². The molecule has 0 aliphatic heterocycles. The van der Waals surface area contributed by atoms with Crippen molar-refractivity contribution in [3.8, 4) is 0 Å². The molecule has 72 valence electrons. The average Bonchev–Trinajstić information content (AvgIpc) is 2.10. The molecule has 12 heavy (non-hydrogen) atoms. The Morgan fingerprint density at radius 2 is 2.25 bits per heavy atom. The largest absolute Gasteiger partial charge is 0.385 e. The highest BCUT2D eigenvalue weighted by Gasteiger charge is 2.08. The first kappa shape index (κ1) is 11.4. The third kappa shape index (κ3) is 5.13. The van der Waals surface area contributed by atoms with Gasteiger partial charge < -0.3 is 10.1 Å². The highest BCUT2D eigenvalue weighted by atomic mass is 16.5. The molecular weight excluding hydrogens is 154 g/mol. The zero-order valence-corrected chi connectivity index (χ0v) is 8.22. The van der Waals surface area contributed by atoms with Crippen LogP contribution in [0.2, 0.25) is 0 Å². The maximum atomic E-state index is 11.2. The number of methoxy groups -OCH3 is 1. The van der Waals surface area contributed by atoms with Gasteiger partial charge in [0.2, 0.25) is 5.91 Å². The number of hydrogen-bond acceptors (Lipinski definition) is 2. The van der Waals surface area contributed by atoms with Gasteiger partial charge in [-0.25, -0.2) is 0 Å². The zero-order valence-electron chi connectivity index (χ0n) is 8.22. The van der Waals surface area contributed by atoms with E-state index in [1.165, 1.54) is 0 Å². The Morgan fingerprint density at radius 1 is 1.58 bits per heavy atom. The summed E-state index contributed by atoms with van der Waals surface area (Å²) in [4.78, 5) is 11.2. The summed E-state index contributed by atoms with van der Waals surface area (Å²) in [5, 5.41) is 2.85. The summed E-state index contributed by atoms with van der Waals surface area (Å²) < 4.78 is 4.86. The first-order valence-corrected chi connectivity index (χ1v) is 4.49. The van der Waals surface area contributed by atoms with Gasteiger partial charge >= 0.3 is 0 Å². The Hall–Kier alpha value is -0.570. The van der Waals surface area contributed by atoms with E-state index in [9.17, 15) is 4.79 Å². The standard InChI is InChI=1S/C9H19NO2/c1-4-8(2)9(11)10-6-5-7-12-3/h8H,4-7H2,1-3H3,(H,10,11). The first-order valence-electron chi connectivity index (χ1n) is 4.49. The Balaban J connectivity index is 3.31. The summed E-state index contributed by atoms with van der Waals surface area (Å²) in [6.45, 7) is 5.38. The molecule has 0 heterocycles. The minimum absolute atomic E-state index is 0.132. The topological polar surface area (TPSA) is 38.3 Å². The highest BCUT2D eigenvalue weighted by molar-refractivity contribution is 5.78. The molecular formula is C9H19NO2. The second kappa shape index (κ2) is 7.10. The van der Waals surface area contributed by atoms with Crippen LogP contribution in [0, 0.1) is 5.92 Å². The first-order chi connectivity index (χ1) is 5.72. The summed E-state index contributed by atoms with van der Waals surface area (Å²) >= 11 is 0. The monoisotopic (exact) mass is 173 g/mol. The molecule has 0 radical (unpaired) electrons. The number of ether oxygens (including phenoxy) is 1. The molecule has 0 aromatic carbocycles. The second-order valence-electron chi connectivity index (χ2n) is 2.95. The lowest BCUT2D eigenvalue weighted by Gasteiger charge is -2.08. The predicted octanol–water partition coefficient (Wildman–Crippen LogP) is 1.19. The van der Waals surface area contributed by atoms with Crippen LogP contribution in [-0.2, 0) is 9.53 Å². The molecule has 0 spiro atoms. The van der Waals surface area contributed by atoms with Crippen molar-refractivity contribution in [1.82, 2.24) is 5.32 Å². The summed E-state index contributed by atoms with van der Waals surface area (Å²) in [7, 11) is 1.66. The number of nitrogens with one attached hydrogen (secondary N) is 1. The van der Waals surface area contributed by atoms with Gasteiger partial charge in [-0.1, -0.05) is 13.8 Å². The molecule has 1 amide bonds. The minimum atomic E-state index is 0.132. The maximum absolute atomic E-state index is 11.2. The van der Waals surface area contributed by atoms with Crippen molar-refractivity contribution in [1.29, 1.82) is 0 Å². The SMILES string of the molecule is CCC(C)C(=O)NCCCOC. The van der Waals surface area contributed by atoms with E-state index in [0.717, 1.165) is 19.4 Å². The van der Waals surface area contributed by atoms with Gasteiger partial charge in [-0.2, -0.15) is 0 Å². The van der Waals surface area contributed by atoms with Gasteiger partial charge in [0.1, 0.15) is 0 Å². The van der Waals surface area contributed by atoms with Crippen molar-refractivity contribution in [3.05, 3.63) is 0 Å². The lowest BCUT2D eigenvalue weighted by atomic mass is 10.1. The molecule has 0 saturated heterocycles. The molecule has 0 fully saturated rings. The van der Waals surface area contributed by atoms with Crippen LogP contribution in [0.15, 0.2) is 0 Å². The van der Waals surface area contributed by atoms with E-state index < -0.39 is 0 Å². The Morgan fingerprint density at radius 3 is 2.75 bits per heavy atom. The second-order valence-corrected chi connectivity index (χ2v) is 2.95. The van der Waals surface area contributed by atoms with Crippen molar-refractivity contribution >= 4 is 5.91 Å². The third-order valence-electron chi connectivity index (χ3n) is 1.88. The van der Waals surface area contributed by atoms with Crippen LogP contribution in [0.5, 0.6) is 0 Å². The lowest BCUT2D eigenvalue weighted by molar-refractivity contribution is -0.124. The molecule has 1 unspecified atom stereocenters. The molecule has 3 heteroatoms. The fraction of sp³-hybridized carbons (Fsp3) is 0.889. The van der Waals surface area contributed by atoms with E-state index in [1.807, 2.05) is 13.8 Å². The van der Waals surface area contributed by atoms with Gasteiger partial charge in [0.25, 0.3) is 0 Å². The van der Waals surface area contributed by atoms with Crippen molar-refractivity contribution in [2.75, 3.05) is 20.3 Å². The molecule has 1 atom stereocenters. The molecule has 0 rings (SSSR count). The summed E-state index contributed by atoms with van der Waals surface area (Å²) in [5.41, 5.74) is 0. The molecule has 1 N–H and O–H groups in total. The lowest BCUT2D eigenvalue weighted by Crippen LogP contribution is -2.30. The molecule has 0 saturated carbocycles. The third-order valence-corrected chi connectivity index (χ3v) is 1.88. The van der Waals surface area contributed by atoms with E-state index in [2.05, 4.69) is 5.32 Å². The fourth-order valence-electron chi connectivity index (χ4n) is 0.788. The average molecular weight is 173 g/mol. The van der Waals surface area contributed by atoms with Crippen LogP contribution in [0.1, 0.15) is 26.7 Å². The molecule has 0 aliphatic rings. The van der Waals surface area contributed by atoms with Gasteiger partial charge in [0, 0.05) is 26.2 Å². The summed E-state index contributed by atoms with van der Waals surface area (Å²) in [6.07, 6.45) is 1.79. The molecule has 0 aliphatic carbocycles. The molecule has 0 aromatic heterocycles. The smallest absolute Gasteiger partial charge is 0.222 e. The van der Waals surface area contributed by atoms with Gasteiger partial charge in [-0.05, 0) is 12.8 Å². The van der Waals surface area contributed by atoms with E-state index in [-0.39, 0.29) is 11.8 Å². The van der Waals surface area contributed by atoms with Crippen molar-refractivity contribution < 1.29 is 9.53 Å². The normalized spacial score (nSPS) is 12.6. The number of carbonyl (C=O) groups is 1. The van der Waals surface area contributed by atoms with Crippen LogP contribution in [-0.4, -0.2) is 26.2 Å². The Labute approximate surface area is 74.5 Å². The highest BCUT2D eigenvalue weighted by Crippen LogP contribution is 1.99. The van der Waals surface area contributed by atoms with E-state index in [4.69, 9.17) is 4.74 Å². The van der Waals surface area contributed by atoms with Crippen LogP contribution in [0.3, 0.4) is 0 Å². The Bertz CT molecular complexity index is 126. The maximum Gasteiger partial charge on any atom is 0.222 e. The molecule has 0 bridgehead atoms. The van der Waals surface area contributed by atoms with Gasteiger partial charge in [0.15, 0.2) is 0 Å². The zero-order chi connectivity index (χ0) is 9.40. The number of amides is 1. The van der Waals surface area contributed by atoms with Crippen LogP contribution < -0.4 is 5.32 Å². The van der Waals surface area contributed by atoms with Gasteiger partial charge in [0.05, 0.1) is 0 Å². The van der Waals surface area contributed by atoms with Gasteiger partial charge in [-0.15, -0.1) is 0 Å². The fourth-order valence-corrected chi connectivity index (χ4v) is 0.788.